The summed E-state index contributed by atoms with van der Waals surface area (Å²) in [6, 6.07) is 18.8. The van der Waals surface area contributed by atoms with Gasteiger partial charge in [-0.25, -0.2) is 4.79 Å². The third-order valence-corrected chi connectivity index (χ3v) is 4.41. The highest BCUT2D eigenvalue weighted by Gasteiger charge is 2.12. The molecule has 0 radical (unpaired) electrons. The molecule has 150 valence electrons. The Labute approximate surface area is 170 Å². The maximum atomic E-state index is 12.9. The predicted octanol–water partition coefficient (Wildman–Crippen LogP) is 4.98. The first-order valence-electron chi connectivity index (χ1n) is 9.71. The molecule has 0 aliphatic rings. The van der Waals surface area contributed by atoms with E-state index in [1.165, 1.54) is 5.56 Å². The number of hydrogen-bond acceptors (Lipinski definition) is 4. The Morgan fingerprint density at radius 2 is 1.79 bits per heavy atom. The summed E-state index contributed by atoms with van der Waals surface area (Å²) in [5.41, 5.74) is 2.43. The van der Waals surface area contributed by atoms with E-state index < -0.39 is 5.97 Å². The Balaban J connectivity index is 1.73. The van der Waals surface area contributed by atoms with Gasteiger partial charge in [-0.1, -0.05) is 43.3 Å². The van der Waals surface area contributed by atoms with Gasteiger partial charge >= 0.3 is 5.97 Å². The van der Waals surface area contributed by atoms with Gasteiger partial charge in [-0.15, -0.1) is 0 Å². The highest BCUT2D eigenvalue weighted by atomic mass is 16.6. The molecule has 0 atom stereocenters. The fourth-order valence-corrected chi connectivity index (χ4v) is 3.05. The number of rotatable bonds is 7. The highest BCUT2D eigenvalue weighted by Crippen LogP contribution is 2.23. The van der Waals surface area contributed by atoms with E-state index in [1.807, 2.05) is 30.3 Å². The topological polar surface area (TPSA) is 64.6 Å². The standard InChI is InChI=1S/C24H25NO4/c1-4-17-11-12-21-18(13-17)7-5-10-22(21)24(27)25-19-8-6-9-20(14-19)28-15-23(26)29-16(2)3/h5-14,16H,4,15H2,1-3H3,(H,25,27). The van der Waals surface area contributed by atoms with Crippen molar-refractivity contribution in [2.75, 3.05) is 11.9 Å². The van der Waals surface area contributed by atoms with Crippen LogP contribution in [0.25, 0.3) is 10.8 Å². The van der Waals surface area contributed by atoms with E-state index >= 15 is 0 Å². The summed E-state index contributed by atoms with van der Waals surface area (Å²) in [4.78, 5) is 24.5. The van der Waals surface area contributed by atoms with Crippen LogP contribution in [0.15, 0.2) is 60.7 Å². The van der Waals surface area contributed by atoms with Crippen LogP contribution in [0.1, 0.15) is 36.7 Å². The lowest BCUT2D eigenvalue weighted by Crippen LogP contribution is -2.18. The first-order valence-corrected chi connectivity index (χ1v) is 9.71. The average Bonchev–Trinajstić information content (AvgIpc) is 2.71. The number of esters is 1. The monoisotopic (exact) mass is 391 g/mol. The van der Waals surface area contributed by atoms with Crippen LogP contribution in [0.4, 0.5) is 5.69 Å². The van der Waals surface area contributed by atoms with Crippen molar-refractivity contribution >= 4 is 28.3 Å². The summed E-state index contributed by atoms with van der Waals surface area (Å²) in [5, 5.41) is 4.85. The quantitative estimate of drug-likeness (QED) is 0.577. The molecule has 3 aromatic rings. The van der Waals surface area contributed by atoms with Crippen molar-refractivity contribution in [1.82, 2.24) is 0 Å². The molecule has 0 saturated carbocycles. The van der Waals surface area contributed by atoms with Crippen LogP contribution < -0.4 is 10.1 Å². The van der Waals surface area contributed by atoms with Crippen molar-refractivity contribution < 1.29 is 19.1 Å². The van der Waals surface area contributed by atoms with Crippen LogP contribution in [-0.4, -0.2) is 24.6 Å². The first-order chi connectivity index (χ1) is 14.0. The van der Waals surface area contributed by atoms with Gasteiger partial charge in [0.2, 0.25) is 0 Å². The molecule has 3 rings (SSSR count). The van der Waals surface area contributed by atoms with Crippen molar-refractivity contribution in [3.8, 4) is 5.75 Å². The molecule has 1 N–H and O–H groups in total. The molecule has 0 aliphatic carbocycles. The first kappa shape index (κ1) is 20.4. The molecule has 0 heterocycles. The zero-order valence-corrected chi connectivity index (χ0v) is 16.9. The lowest BCUT2D eigenvalue weighted by atomic mass is 10.0. The van der Waals surface area contributed by atoms with Crippen LogP contribution in [-0.2, 0) is 16.0 Å². The van der Waals surface area contributed by atoms with Crippen molar-refractivity contribution in [3.63, 3.8) is 0 Å². The summed E-state index contributed by atoms with van der Waals surface area (Å²) in [6.07, 6.45) is 0.759. The van der Waals surface area contributed by atoms with Gasteiger partial charge in [0.25, 0.3) is 5.91 Å². The van der Waals surface area contributed by atoms with Crippen LogP contribution in [0.5, 0.6) is 5.75 Å². The van der Waals surface area contributed by atoms with E-state index in [0.29, 0.717) is 17.0 Å². The maximum absolute atomic E-state index is 12.9. The minimum absolute atomic E-state index is 0.182. The van der Waals surface area contributed by atoms with Crippen molar-refractivity contribution in [3.05, 3.63) is 71.8 Å². The van der Waals surface area contributed by atoms with Crippen molar-refractivity contribution in [2.24, 2.45) is 0 Å². The van der Waals surface area contributed by atoms with Gasteiger partial charge in [-0.05, 0) is 54.8 Å². The molecule has 0 aliphatic heterocycles. The van der Waals surface area contributed by atoms with Crippen LogP contribution in [0.3, 0.4) is 0 Å². The second-order valence-electron chi connectivity index (χ2n) is 7.02. The molecule has 0 unspecified atom stereocenters. The normalized spacial score (nSPS) is 10.8. The lowest BCUT2D eigenvalue weighted by molar-refractivity contribution is -0.149. The lowest BCUT2D eigenvalue weighted by Gasteiger charge is -2.11. The molecule has 29 heavy (non-hydrogen) atoms. The molecule has 0 spiro atoms. The number of nitrogens with one attached hydrogen (secondary N) is 1. The van der Waals surface area contributed by atoms with Gasteiger partial charge < -0.3 is 14.8 Å². The summed E-state index contributed by atoms with van der Waals surface area (Å²) >= 11 is 0. The summed E-state index contributed by atoms with van der Waals surface area (Å²) in [5.74, 6) is -0.151. The van der Waals surface area contributed by atoms with Crippen LogP contribution >= 0.6 is 0 Å². The van der Waals surface area contributed by atoms with Gasteiger partial charge in [0.05, 0.1) is 6.10 Å². The van der Waals surface area contributed by atoms with Gasteiger partial charge in [0.15, 0.2) is 6.61 Å². The van der Waals surface area contributed by atoms with Crippen LogP contribution in [0.2, 0.25) is 0 Å². The van der Waals surface area contributed by atoms with Gasteiger partial charge in [0.1, 0.15) is 5.75 Å². The molecule has 0 fully saturated rings. The minimum atomic E-state index is -0.434. The second-order valence-corrected chi connectivity index (χ2v) is 7.02. The molecule has 0 bridgehead atoms. The van der Waals surface area contributed by atoms with Gasteiger partial charge in [0, 0.05) is 17.3 Å². The van der Waals surface area contributed by atoms with E-state index in [0.717, 1.165) is 17.2 Å². The Morgan fingerprint density at radius 3 is 2.55 bits per heavy atom. The largest absolute Gasteiger partial charge is 0.482 e. The summed E-state index contributed by atoms with van der Waals surface area (Å²) in [7, 11) is 0. The molecular formula is C24H25NO4. The fraction of sp³-hybridized carbons (Fsp3) is 0.250. The Morgan fingerprint density at radius 1 is 1.00 bits per heavy atom. The molecule has 0 saturated heterocycles. The smallest absolute Gasteiger partial charge is 0.344 e. The molecular weight excluding hydrogens is 366 g/mol. The van der Waals surface area contributed by atoms with Crippen LogP contribution in [0, 0.1) is 0 Å². The zero-order chi connectivity index (χ0) is 20.8. The number of amides is 1. The van der Waals surface area contributed by atoms with Gasteiger partial charge in [-0.2, -0.15) is 0 Å². The third-order valence-electron chi connectivity index (χ3n) is 4.41. The Bertz CT molecular complexity index is 1030. The molecule has 3 aromatic carbocycles. The number of benzene rings is 3. The number of anilines is 1. The van der Waals surface area contributed by atoms with Gasteiger partial charge in [-0.3, -0.25) is 4.79 Å². The zero-order valence-electron chi connectivity index (χ0n) is 16.9. The van der Waals surface area contributed by atoms with E-state index in [2.05, 4.69) is 18.3 Å². The second kappa shape index (κ2) is 9.24. The Hall–Kier alpha value is -3.34. The van der Waals surface area contributed by atoms with Crippen molar-refractivity contribution in [1.29, 1.82) is 0 Å². The number of carbonyl (C=O) groups is 2. The number of carbonyl (C=O) groups excluding carboxylic acids is 2. The highest BCUT2D eigenvalue weighted by molar-refractivity contribution is 6.13. The average molecular weight is 391 g/mol. The van der Waals surface area contributed by atoms with E-state index in [9.17, 15) is 9.59 Å². The summed E-state index contributed by atoms with van der Waals surface area (Å²) < 4.78 is 10.5. The summed E-state index contributed by atoms with van der Waals surface area (Å²) in [6.45, 7) is 5.49. The molecule has 0 aromatic heterocycles. The Kier molecular flexibility index (Phi) is 6.50. The fourth-order valence-electron chi connectivity index (χ4n) is 3.05. The SMILES string of the molecule is CCc1ccc2c(C(=O)Nc3cccc(OCC(=O)OC(C)C)c3)cccc2c1. The third kappa shape index (κ3) is 5.35. The predicted molar refractivity (Wildman–Crippen MR) is 114 cm³/mol. The number of fused-ring (bicyclic) bond motifs is 1. The number of aryl methyl sites for hydroxylation is 1. The molecule has 5 nitrogen and oxygen atoms in total. The minimum Gasteiger partial charge on any atom is -0.482 e. The van der Waals surface area contributed by atoms with Crippen molar-refractivity contribution in [2.45, 2.75) is 33.3 Å². The van der Waals surface area contributed by atoms with E-state index in [-0.39, 0.29) is 18.6 Å². The maximum Gasteiger partial charge on any atom is 0.344 e. The molecule has 1 amide bonds. The number of ether oxygens (including phenoxy) is 2. The van der Waals surface area contributed by atoms with E-state index in [4.69, 9.17) is 9.47 Å². The molecule has 5 heteroatoms. The number of hydrogen-bond donors (Lipinski definition) is 1. The van der Waals surface area contributed by atoms with E-state index in [1.54, 1.807) is 38.1 Å².